The monoisotopic (exact) mass is 375 g/mol. The molecule has 0 aliphatic heterocycles. The van der Waals surface area contributed by atoms with Crippen LogP contribution in [0.5, 0.6) is 0 Å². The molecule has 0 saturated carbocycles. The van der Waals surface area contributed by atoms with Crippen molar-refractivity contribution in [1.82, 2.24) is 5.32 Å². The van der Waals surface area contributed by atoms with E-state index in [2.05, 4.69) is 21.2 Å². The fraction of sp³-hybridized carbons (Fsp3) is 0.200. The highest BCUT2D eigenvalue weighted by Gasteiger charge is 2.12. The summed E-state index contributed by atoms with van der Waals surface area (Å²) in [5, 5.41) is 4.31. The van der Waals surface area contributed by atoms with Crippen LogP contribution in [-0.4, -0.2) is 7.05 Å². The topological polar surface area (TPSA) is 12.0 Å². The van der Waals surface area contributed by atoms with Gasteiger partial charge < -0.3 is 5.32 Å². The van der Waals surface area contributed by atoms with Crippen LogP contribution in [0.3, 0.4) is 0 Å². The predicted octanol–water partition coefficient (Wildman–Crippen LogP) is 5.40. The quantitative estimate of drug-likeness (QED) is 0.753. The van der Waals surface area contributed by atoms with E-state index in [4.69, 9.17) is 23.2 Å². The van der Waals surface area contributed by atoms with E-state index < -0.39 is 0 Å². The van der Waals surface area contributed by atoms with Gasteiger partial charge in [0.15, 0.2) is 0 Å². The van der Waals surface area contributed by atoms with E-state index in [0.29, 0.717) is 14.5 Å². The molecule has 0 aliphatic rings. The van der Waals surface area contributed by atoms with Gasteiger partial charge in [-0.2, -0.15) is 0 Å². The zero-order valence-electron chi connectivity index (χ0n) is 10.8. The van der Waals surface area contributed by atoms with Gasteiger partial charge in [-0.25, -0.2) is 4.39 Å². The summed E-state index contributed by atoms with van der Waals surface area (Å²) in [5.74, 6) is -0.260. The smallest absolute Gasteiger partial charge is 0.137 e. The molecule has 0 radical (unpaired) electrons. The fourth-order valence-electron chi connectivity index (χ4n) is 2.02. The van der Waals surface area contributed by atoms with Gasteiger partial charge in [-0.15, -0.1) is 0 Å². The minimum absolute atomic E-state index is 0.0853. The molecule has 5 heteroatoms. The molecule has 0 bridgehead atoms. The zero-order valence-corrected chi connectivity index (χ0v) is 13.9. The number of likely N-dealkylation sites (N-methyl/N-ethyl adjacent to an activating group) is 1. The molecule has 0 aromatic heterocycles. The Kier molecular flexibility index (Phi) is 5.44. The molecular weight excluding hydrogens is 364 g/mol. The first-order valence-corrected chi connectivity index (χ1v) is 7.62. The molecule has 1 N–H and O–H groups in total. The molecule has 0 amide bonds. The van der Waals surface area contributed by atoms with Crippen molar-refractivity contribution in [1.29, 1.82) is 0 Å². The summed E-state index contributed by atoms with van der Waals surface area (Å²) in [4.78, 5) is 0. The molecule has 0 spiro atoms. The van der Waals surface area contributed by atoms with Gasteiger partial charge in [0.2, 0.25) is 0 Å². The number of hydrogen-bond acceptors (Lipinski definition) is 1. The lowest BCUT2D eigenvalue weighted by molar-refractivity contribution is 0.587. The molecule has 1 unspecified atom stereocenters. The Balaban J connectivity index is 2.23. The highest BCUT2D eigenvalue weighted by atomic mass is 79.9. The fourth-order valence-corrected chi connectivity index (χ4v) is 2.75. The first-order chi connectivity index (χ1) is 9.51. The van der Waals surface area contributed by atoms with E-state index >= 15 is 0 Å². The standard InChI is InChI=1S/C15H13BrCl2FN/c1-20-15(10-3-4-12(17)13(18)8-10)7-9-2-5-14(19)11(16)6-9/h2-6,8,15,20H,7H2,1H3. The summed E-state index contributed by atoms with van der Waals surface area (Å²) < 4.78 is 13.7. The first-order valence-electron chi connectivity index (χ1n) is 6.07. The summed E-state index contributed by atoms with van der Waals surface area (Å²) in [6, 6.07) is 10.7. The van der Waals surface area contributed by atoms with Crippen LogP contribution >= 0.6 is 39.1 Å². The molecular formula is C15H13BrCl2FN. The van der Waals surface area contributed by atoms with Gasteiger partial charge in [0, 0.05) is 6.04 Å². The van der Waals surface area contributed by atoms with Gasteiger partial charge in [0.25, 0.3) is 0 Å². The minimum Gasteiger partial charge on any atom is -0.313 e. The number of halogens is 4. The SMILES string of the molecule is CNC(Cc1ccc(F)c(Br)c1)c1ccc(Cl)c(Cl)c1. The van der Waals surface area contributed by atoms with Crippen molar-refractivity contribution >= 4 is 39.1 Å². The third-order valence-corrected chi connectivity index (χ3v) is 4.47. The summed E-state index contributed by atoms with van der Waals surface area (Å²) in [6.07, 6.45) is 0.730. The molecule has 1 atom stereocenters. The van der Waals surface area contributed by atoms with Crippen molar-refractivity contribution in [3.63, 3.8) is 0 Å². The Bertz CT molecular complexity index is 619. The van der Waals surface area contributed by atoms with Crippen LogP contribution in [0.15, 0.2) is 40.9 Å². The molecule has 0 aliphatic carbocycles. The minimum atomic E-state index is -0.260. The van der Waals surface area contributed by atoms with E-state index in [9.17, 15) is 4.39 Å². The van der Waals surface area contributed by atoms with Crippen LogP contribution < -0.4 is 5.32 Å². The van der Waals surface area contributed by atoms with E-state index in [0.717, 1.165) is 17.5 Å². The van der Waals surface area contributed by atoms with Crippen LogP contribution in [0.2, 0.25) is 10.0 Å². The van der Waals surface area contributed by atoms with Crippen LogP contribution in [0.25, 0.3) is 0 Å². The van der Waals surface area contributed by atoms with Crippen molar-refractivity contribution in [2.24, 2.45) is 0 Å². The van der Waals surface area contributed by atoms with Gasteiger partial charge in [-0.3, -0.25) is 0 Å². The number of rotatable bonds is 4. The number of hydrogen-bond donors (Lipinski definition) is 1. The maximum Gasteiger partial charge on any atom is 0.137 e. The van der Waals surface area contributed by atoms with E-state index in [1.807, 2.05) is 19.2 Å². The second-order valence-electron chi connectivity index (χ2n) is 4.47. The summed E-state index contributed by atoms with van der Waals surface area (Å²) in [7, 11) is 1.88. The van der Waals surface area contributed by atoms with Crippen molar-refractivity contribution in [2.75, 3.05) is 7.05 Å². The lowest BCUT2D eigenvalue weighted by atomic mass is 9.99. The summed E-state index contributed by atoms with van der Waals surface area (Å²) in [5.41, 5.74) is 2.08. The van der Waals surface area contributed by atoms with E-state index in [-0.39, 0.29) is 11.9 Å². The Morgan fingerprint density at radius 2 is 1.90 bits per heavy atom. The maximum absolute atomic E-state index is 13.2. The van der Waals surface area contributed by atoms with Crippen molar-refractivity contribution in [3.05, 3.63) is 67.9 Å². The normalized spacial score (nSPS) is 12.4. The second kappa shape index (κ2) is 6.90. The second-order valence-corrected chi connectivity index (χ2v) is 6.14. The van der Waals surface area contributed by atoms with E-state index in [1.165, 1.54) is 6.07 Å². The zero-order chi connectivity index (χ0) is 14.7. The summed E-state index contributed by atoms with van der Waals surface area (Å²) in [6.45, 7) is 0. The highest BCUT2D eigenvalue weighted by Crippen LogP contribution is 2.28. The molecule has 0 heterocycles. The average Bonchev–Trinajstić information content (AvgIpc) is 2.43. The first kappa shape index (κ1) is 15.8. The van der Waals surface area contributed by atoms with Crippen LogP contribution in [0.4, 0.5) is 4.39 Å². The largest absolute Gasteiger partial charge is 0.313 e. The van der Waals surface area contributed by atoms with Crippen molar-refractivity contribution < 1.29 is 4.39 Å². The van der Waals surface area contributed by atoms with Gasteiger partial charge in [-0.1, -0.05) is 35.3 Å². The Hall–Kier alpha value is -0.610. The van der Waals surface area contributed by atoms with Crippen molar-refractivity contribution in [2.45, 2.75) is 12.5 Å². The van der Waals surface area contributed by atoms with Crippen LogP contribution in [0, 0.1) is 5.82 Å². The molecule has 20 heavy (non-hydrogen) atoms. The Morgan fingerprint density at radius 1 is 1.15 bits per heavy atom. The average molecular weight is 377 g/mol. The van der Waals surface area contributed by atoms with Crippen LogP contribution in [0.1, 0.15) is 17.2 Å². The summed E-state index contributed by atoms with van der Waals surface area (Å²) >= 11 is 15.2. The molecule has 0 fully saturated rings. The van der Waals surface area contributed by atoms with Gasteiger partial charge in [-0.05, 0) is 64.8 Å². The lowest BCUT2D eigenvalue weighted by Gasteiger charge is -2.17. The maximum atomic E-state index is 13.2. The molecule has 1 nitrogen and oxygen atoms in total. The molecule has 2 aromatic carbocycles. The third kappa shape index (κ3) is 3.73. The molecule has 0 saturated heterocycles. The number of benzene rings is 2. The predicted molar refractivity (Wildman–Crippen MR) is 86.1 cm³/mol. The molecule has 2 aromatic rings. The molecule has 2 rings (SSSR count). The Labute approximate surface area is 136 Å². The van der Waals surface area contributed by atoms with Gasteiger partial charge in [0.05, 0.1) is 14.5 Å². The third-order valence-electron chi connectivity index (χ3n) is 3.12. The van der Waals surface area contributed by atoms with Gasteiger partial charge >= 0.3 is 0 Å². The van der Waals surface area contributed by atoms with Gasteiger partial charge in [0.1, 0.15) is 5.82 Å². The number of nitrogens with one attached hydrogen (secondary N) is 1. The van der Waals surface area contributed by atoms with E-state index in [1.54, 1.807) is 18.2 Å². The highest BCUT2D eigenvalue weighted by molar-refractivity contribution is 9.10. The van der Waals surface area contributed by atoms with Crippen LogP contribution in [-0.2, 0) is 6.42 Å². The van der Waals surface area contributed by atoms with Crippen molar-refractivity contribution in [3.8, 4) is 0 Å². The molecule has 106 valence electrons. The Morgan fingerprint density at radius 3 is 2.50 bits per heavy atom. The lowest BCUT2D eigenvalue weighted by Crippen LogP contribution is -2.18.